The first-order valence-electron chi connectivity index (χ1n) is 11.7. The number of fused-ring (bicyclic) bond motifs is 1. The number of carbonyl (C=O) groups excluding carboxylic acids is 2. The predicted octanol–water partition coefficient (Wildman–Crippen LogP) is 1.35. The molecule has 4 rings (SSSR count). The van der Waals surface area contributed by atoms with E-state index in [9.17, 15) is 14.7 Å². The molecular weight excluding hydrogens is 418 g/mol. The average molecular weight is 452 g/mol. The summed E-state index contributed by atoms with van der Waals surface area (Å²) in [7, 11) is 0. The van der Waals surface area contributed by atoms with Gasteiger partial charge >= 0.3 is 0 Å². The Labute approximate surface area is 194 Å². The smallest absolute Gasteiger partial charge is 0.251 e. The molecule has 2 amide bonds. The molecule has 8 heteroatoms. The summed E-state index contributed by atoms with van der Waals surface area (Å²) in [6.45, 7) is 3.66. The number of hydrogen-bond acceptors (Lipinski definition) is 6. The van der Waals surface area contributed by atoms with E-state index >= 15 is 0 Å². The molecule has 1 aromatic carbocycles. The lowest BCUT2D eigenvalue weighted by Gasteiger charge is -2.32. The second-order valence-corrected chi connectivity index (χ2v) is 9.00. The molecule has 1 saturated heterocycles. The number of pyridine rings is 1. The monoisotopic (exact) mass is 451 g/mol. The number of piperidine rings is 1. The second kappa shape index (κ2) is 10.8. The summed E-state index contributed by atoms with van der Waals surface area (Å²) in [5.74, 6) is 0.516. The molecule has 2 heterocycles. The number of carbonyl (C=O) groups is 2. The third kappa shape index (κ3) is 6.30. The molecule has 0 radical (unpaired) electrons. The van der Waals surface area contributed by atoms with Gasteiger partial charge in [-0.15, -0.1) is 0 Å². The molecule has 8 nitrogen and oxygen atoms in total. The van der Waals surface area contributed by atoms with E-state index in [0.717, 1.165) is 38.8 Å². The van der Waals surface area contributed by atoms with E-state index in [0.29, 0.717) is 24.0 Å². The first-order valence-corrected chi connectivity index (χ1v) is 11.7. The molecule has 1 fully saturated rings. The fourth-order valence-corrected chi connectivity index (χ4v) is 4.59. The summed E-state index contributed by atoms with van der Waals surface area (Å²) in [5, 5.41) is 19.9. The zero-order valence-electron chi connectivity index (χ0n) is 19.1. The van der Waals surface area contributed by atoms with Crippen molar-refractivity contribution < 1.29 is 14.7 Å². The largest absolute Gasteiger partial charge is 0.390 e. The Morgan fingerprint density at radius 1 is 1.09 bits per heavy atom. The predicted molar refractivity (Wildman–Crippen MR) is 127 cm³/mol. The molecule has 1 atom stereocenters. The number of likely N-dealkylation sites (tertiary alicyclic amines) is 1. The second-order valence-electron chi connectivity index (χ2n) is 9.00. The Morgan fingerprint density at radius 3 is 2.45 bits per heavy atom. The number of nitrogens with zero attached hydrogens (tertiary/aromatic N) is 2. The minimum Gasteiger partial charge on any atom is -0.390 e. The molecule has 1 aromatic heterocycles. The third-order valence-electron chi connectivity index (χ3n) is 6.51. The maximum Gasteiger partial charge on any atom is 0.251 e. The van der Waals surface area contributed by atoms with Crippen LogP contribution in [0, 0.1) is 0 Å². The Kier molecular flexibility index (Phi) is 7.57. The Morgan fingerprint density at radius 2 is 1.79 bits per heavy atom. The topological polar surface area (TPSA) is 107 Å². The number of amides is 2. The van der Waals surface area contributed by atoms with Gasteiger partial charge < -0.3 is 26.0 Å². The highest BCUT2D eigenvalue weighted by molar-refractivity contribution is 5.94. The first-order chi connectivity index (χ1) is 16.0. The maximum absolute atomic E-state index is 12.6. The Bertz CT molecular complexity index is 949. The van der Waals surface area contributed by atoms with E-state index in [1.807, 2.05) is 4.90 Å². The van der Waals surface area contributed by atoms with Crippen LogP contribution in [0.3, 0.4) is 0 Å². The van der Waals surface area contributed by atoms with Crippen LogP contribution < -0.4 is 16.0 Å². The minimum absolute atomic E-state index is 0.107. The molecule has 2 aromatic rings. The van der Waals surface area contributed by atoms with Gasteiger partial charge in [0.25, 0.3) is 5.91 Å². The molecule has 33 heavy (non-hydrogen) atoms. The SMILES string of the molecule is CC(=O)N1CCC(Nc2cc(C(=O)NC[C@H](O)CNC3Cc4ccccc4C3)ccn2)CC1. The van der Waals surface area contributed by atoms with Crippen LogP contribution in [-0.4, -0.2) is 71.2 Å². The van der Waals surface area contributed by atoms with Crippen molar-refractivity contribution in [2.45, 2.75) is 50.8 Å². The number of rotatable bonds is 8. The number of aromatic nitrogens is 1. The Hall–Kier alpha value is -2.97. The lowest BCUT2D eigenvalue weighted by molar-refractivity contribution is -0.129. The summed E-state index contributed by atoms with van der Waals surface area (Å²) in [6.07, 6.45) is 4.58. The fourth-order valence-electron chi connectivity index (χ4n) is 4.59. The minimum atomic E-state index is -0.663. The van der Waals surface area contributed by atoms with E-state index in [1.54, 1.807) is 25.3 Å². The molecule has 1 aliphatic carbocycles. The lowest BCUT2D eigenvalue weighted by Crippen LogP contribution is -2.42. The summed E-state index contributed by atoms with van der Waals surface area (Å²) in [5.41, 5.74) is 3.23. The van der Waals surface area contributed by atoms with Gasteiger partial charge in [0.05, 0.1) is 6.10 Å². The number of hydrogen-bond donors (Lipinski definition) is 4. The van der Waals surface area contributed by atoms with Crippen molar-refractivity contribution >= 4 is 17.6 Å². The highest BCUT2D eigenvalue weighted by Crippen LogP contribution is 2.21. The van der Waals surface area contributed by atoms with Gasteiger partial charge in [-0.3, -0.25) is 9.59 Å². The zero-order chi connectivity index (χ0) is 23.2. The van der Waals surface area contributed by atoms with E-state index in [1.165, 1.54) is 11.1 Å². The van der Waals surface area contributed by atoms with Crippen LogP contribution in [0.1, 0.15) is 41.3 Å². The van der Waals surface area contributed by atoms with E-state index in [4.69, 9.17) is 0 Å². The van der Waals surface area contributed by atoms with Gasteiger partial charge in [0, 0.05) is 56.9 Å². The van der Waals surface area contributed by atoms with Crippen molar-refractivity contribution in [2.24, 2.45) is 0 Å². The van der Waals surface area contributed by atoms with Crippen LogP contribution in [0.4, 0.5) is 5.82 Å². The summed E-state index contributed by atoms with van der Waals surface area (Å²) >= 11 is 0. The Balaban J connectivity index is 1.19. The van der Waals surface area contributed by atoms with Crippen LogP contribution in [0.2, 0.25) is 0 Å². The highest BCUT2D eigenvalue weighted by atomic mass is 16.3. The lowest BCUT2D eigenvalue weighted by atomic mass is 10.0. The number of benzene rings is 1. The molecule has 176 valence electrons. The summed E-state index contributed by atoms with van der Waals surface area (Å²) in [6, 6.07) is 12.4. The fraction of sp³-hybridized carbons (Fsp3) is 0.480. The van der Waals surface area contributed by atoms with Crippen LogP contribution in [-0.2, 0) is 17.6 Å². The van der Waals surface area contributed by atoms with Gasteiger partial charge in [0.1, 0.15) is 5.82 Å². The van der Waals surface area contributed by atoms with Crippen molar-refractivity contribution in [3.63, 3.8) is 0 Å². The molecule has 0 bridgehead atoms. The molecule has 2 aliphatic rings. The molecule has 4 N–H and O–H groups in total. The van der Waals surface area contributed by atoms with Crippen molar-refractivity contribution in [3.05, 3.63) is 59.3 Å². The van der Waals surface area contributed by atoms with Gasteiger partial charge in [-0.25, -0.2) is 4.98 Å². The van der Waals surface area contributed by atoms with Crippen LogP contribution >= 0.6 is 0 Å². The van der Waals surface area contributed by atoms with Crippen LogP contribution in [0.15, 0.2) is 42.6 Å². The highest BCUT2D eigenvalue weighted by Gasteiger charge is 2.22. The molecule has 0 spiro atoms. The number of aliphatic hydroxyl groups excluding tert-OH is 1. The molecule has 0 saturated carbocycles. The summed E-state index contributed by atoms with van der Waals surface area (Å²) < 4.78 is 0. The number of aliphatic hydroxyl groups is 1. The summed E-state index contributed by atoms with van der Waals surface area (Å²) in [4.78, 5) is 30.2. The standard InChI is InChI=1S/C25H33N5O3/c1-17(31)30-10-7-21(8-11-30)29-24-14-20(6-9-26-24)25(33)28-16-23(32)15-27-22-12-18-4-2-3-5-19(18)13-22/h2-6,9,14,21-23,27,32H,7-8,10-13,15-16H2,1H3,(H,26,29)(H,28,33)/t23-/m1/s1. The maximum atomic E-state index is 12.6. The van der Waals surface area contributed by atoms with Gasteiger partial charge in [-0.05, 0) is 48.9 Å². The van der Waals surface area contributed by atoms with E-state index in [2.05, 4.69) is 45.2 Å². The van der Waals surface area contributed by atoms with Gasteiger partial charge in [-0.1, -0.05) is 24.3 Å². The van der Waals surface area contributed by atoms with Gasteiger partial charge in [0.2, 0.25) is 5.91 Å². The van der Waals surface area contributed by atoms with Crippen molar-refractivity contribution in [3.8, 4) is 0 Å². The quantitative estimate of drug-likeness (QED) is 0.483. The molecular formula is C25H33N5O3. The number of anilines is 1. The van der Waals surface area contributed by atoms with E-state index in [-0.39, 0.29) is 24.4 Å². The first kappa shape index (κ1) is 23.2. The third-order valence-corrected chi connectivity index (χ3v) is 6.51. The molecule has 0 unspecified atom stereocenters. The van der Waals surface area contributed by atoms with Crippen molar-refractivity contribution in [2.75, 3.05) is 31.5 Å². The zero-order valence-corrected chi connectivity index (χ0v) is 19.1. The van der Waals surface area contributed by atoms with Gasteiger partial charge in [0.15, 0.2) is 0 Å². The van der Waals surface area contributed by atoms with Crippen LogP contribution in [0.25, 0.3) is 0 Å². The van der Waals surface area contributed by atoms with Crippen molar-refractivity contribution in [1.82, 2.24) is 20.5 Å². The van der Waals surface area contributed by atoms with E-state index < -0.39 is 6.10 Å². The normalized spacial score (nSPS) is 17.5. The van der Waals surface area contributed by atoms with Crippen LogP contribution in [0.5, 0.6) is 0 Å². The molecule has 1 aliphatic heterocycles. The van der Waals surface area contributed by atoms with Crippen molar-refractivity contribution in [1.29, 1.82) is 0 Å². The number of nitrogens with one attached hydrogen (secondary N) is 3. The average Bonchev–Trinajstić information content (AvgIpc) is 3.25. The van der Waals surface area contributed by atoms with Gasteiger partial charge in [-0.2, -0.15) is 0 Å².